The Morgan fingerprint density at radius 1 is 1.24 bits per heavy atom. The van der Waals surface area contributed by atoms with Crippen LogP contribution < -0.4 is 5.32 Å². The number of fused-ring (bicyclic) bond motifs is 1. The molecule has 1 atom stereocenters. The summed E-state index contributed by atoms with van der Waals surface area (Å²) in [5.74, 6) is -0.424. The average molecular weight is 454 g/mol. The number of nitrogens with zero attached hydrogens (tertiary/aromatic N) is 5. The number of esters is 1. The van der Waals surface area contributed by atoms with Gasteiger partial charge in [-0.15, -0.1) is 0 Å². The maximum Gasteiger partial charge on any atom is 0.308 e. The van der Waals surface area contributed by atoms with Crippen LogP contribution in [0.4, 0.5) is 5.69 Å². The first-order valence-corrected chi connectivity index (χ1v) is 10.5. The molecule has 0 saturated heterocycles. The van der Waals surface area contributed by atoms with Crippen molar-refractivity contribution in [1.82, 2.24) is 24.9 Å². The highest BCUT2D eigenvalue weighted by molar-refractivity contribution is 5.78. The second-order valence-corrected chi connectivity index (χ2v) is 7.91. The molecule has 3 rings (SSSR count). The summed E-state index contributed by atoms with van der Waals surface area (Å²) in [6.45, 7) is 7.14. The highest BCUT2D eigenvalue weighted by Gasteiger charge is 2.26. The smallest absolute Gasteiger partial charge is 0.308 e. The molecule has 0 radical (unpaired) electrons. The number of aryl methyl sites for hydroxylation is 2. The number of amides is 1. The second-order valence-electron chi connectivity index (χ2n) is 7.91. The lowest BCUT2D eigenvalue weighted by atomic mass is 10.0. The van der Waals surface area contributed by atoms with Gasteiger partial charge in [-0.05, 0) is 39.7 Å². The molecule has 11 heteroatoms. The largest absolute Gasteiger partial charge is 0.463 e. The molecule has 0 aliphatic carbocycles. The summed E-state index contributed by atoms with van der Waals surface area (Å²) in [5.41, 5.74) is 2.52. The Bertz CT molecular complexity index is 1190. The van der Waals surface area contributed by atoms with Gasteiger partial charge in [0.05, 0.1) is 29.1 Å². The first kappa shape index (κ1) is 23.8. The van der Waals surface area contributed by atoms with Gasteiger partial charge in [0.15, 0.2) is 0 Å². The molecule has 174 valence electrons. The number of ether oxygens (including phenoxy) is 1. The SMILES string of the molecule is Cc1nc2ncnn2c(C)c1CCC(=O)NC(CC(=O)OC(C)C)c1ccccc1[N+](=O)[O-]. The number of para-hydroxylation sites is 1. The normalized spacial score (nSPS) is 12.0. The first-order valence-electron chi connectivity index (χ1n) is 10.5. The second kappa shape index (κ2) is 10.2. The highest BCUT2D eigenvalue weighted by atomic mass is 16.6. The molecule has 11 nitrogen and oxygen atoms in total. The standard InChI is InChI=1S/C22H26N6O5/c1-13(2)33-21(30)11-18(17-7-5-6-8-19(17)28(31)32)26-20(29)10-9-16-14(3)25-22-23-12-24-27(22)15(16)4/h5-8,12-13,18H,9-11H2,1-4H3,(H,26,29). The molecule has 0 fully saturated rings. The maximum atomic E-state index is 12.8. The molecule has 1 unspecified atom stereocenters. The predicted octanol–water partition coefficient (Wildman–Crippen LogP) is 2.78. The van der Waals surface area contributed by atoms with Crippen molar-refractivity contribution in [3.63, 3.8) is 0 Å². The zero-order valence-electron chi connectivity index (χ0n) is 18.9. The summed E-state index contributed by atoms with van der Waals surface area (Å²) in [6.07, 6.45) is 1.33. The molecule has 2 aromatic heterocycles. The number of carbonyl (C=O) groups is 2. The maximum absolute atomic E-state index is 12.8. The molecule has 0 aliphatic heterocycles. The third-order valence-corrected chi connectivity index (χ3v) is 5.17. The number of nitro benzene ring substituents is 1. The minimum Gasteiger partial charge on any atom is -0.463 e. The van der Waals surface area contributed by atoms with Gasteiger partial charge in [0.25, 0.3) is 11.5 Å². The van der Waals surface area contributed by atoms with Crippen LogP contribution in [0.15, 0.2) is 30.6 Å². The zero-order valence-corrected chi connectivity index (χ0v) is 18.9. The van der Waals surface area contributed by atoms with Crippen molar-refractivity contribution in [2.75, 3.05) is 0 Å². The lowest BCUT2D eigenvalue weighted by Crippen LogP contribution is -2.31. The van der Waals surface area contributed by atoms with E-state index in [1.54, 1.807) is 24.4 Å². The molecule has 1 aromatic carbocycles. The van der Waals surface area contributed by atoms with E-state index in [0.29, 0.717) is 12.2 Å². The van der Waals surface area contributed by atoms with Crippen molar-refractivity contribution in [1.29, 1.82) is 0 Å². The van der Waals surface area contributed by atoms with Crippen LogP contribution >= 0.6 is 0 Å². The van der Waals surface area contributed by atoms with Crippen molar-refractivity contribution in [3.05, 3.63) is 63.2 Å². The van der Waals surface area contributed by atoms with Crippen LogP contribution in [-0.2, 0) is 20.7 Å². The van der Waals surface area contributed by atoms with Crippen molar-refractivity contribution >= 4 is 23.3 Å². The van der Waals surface area contributed by atoms with Crippen molar-refractivity contribution < 1.29 is 19.2 Å². The van der Waals surface area contributed by atoms with Gasteiger partial charge in [-0.2, -0.15) is 10.1 Å². The van der Waals surface area contributed by atoms with Crippen molar-refractivity contribution in [2.45, 2.75) is 59.1 Å². The third kappa shape index (κ3) is 5.68. The minimum atomic E-state index is -0.900. The van der Waals surface area contributed by atoms with Crippen LogP contribution in [0.5, 0.6) is 0 Å². The van der Waals surface area contributed by atoms with Crippen LogP contribution in [0.2, 0.25) is 0 Å². The van der Waals surface area contributed by atoms with E-state index < -0.39 is 16.9 Å². The molecule has 1 amide bonds. The summed E-state index contributed by atoms with van der Waals surface area (Å²) < 4.78 is 6.80. The van der Waals surface area contributed by atoms with Gasteiger partial charge in [0, 0.05) is 23.9 Å². The van der Waals surface area contributed by atoms with E-state index in [4.69, 9.17) is 4.74 Å². The number of hydrogen-bond donors (Lipinski definition) is 1. The zero-order chi connectivity index (χ0) is 24.1. The molecule has 33 heavy (non-hydrogen) atoms. The topological polar surface area (TPSA) is 142 Å². The van der Waals surface area contributed by atoms with E-state index in [0.717, 1.165) is 17.0 Å². The summed E-state index contributed by atoms with van der Waals surface area (Å²) in [4.78, 5) is 44.6. The minimum absolute atomic E-state index is 0.0971. The van der Waals surface area contributed by atoms with Crippen molar-refractivity contribution in [3.8, 4) is 0 Å². The van der Waals surface area contributed by atoms with Gasteiger partial charge >= 0.3 is 5.97 Å². The van der Waals surface area contributed by atoms with E-state index in [2.05, 4.69) is 20.4 Å². The predicted molar refractivity (Wildman–Crippen MR) is 118 cm³/mol. The van der Waals surface area contributed by atoms with Gasteiger partial charge in [-0.3, -0.25) is 19.7 Å². The average Bonchev–Trinajstić information content (AvgIpc) is 3.21. The number of nitrogens with one attached hydrogen (secondary N) is 1. The van der Waals surface area contributed by atoms with Gasteiger partial charge in [0.2, 0.25) is 5.91 Å². The molecular weight excluding hydrogens is 428 g/mol. The van der Waals surface area contributed by atoms with Crippen LogP contribution in [-0.4, -0.2) is 42.5 Å². The first-order chi connectivity index (χ1) is 15.7. The number of rotatable bonds is 9. The van der Waals surface area contributed by atoms with Crippen LogP contribution in [0.25, 0.3) is 5.78 Å². The lowest BCUT2D eigenvalue weighted by molar-refractivity contribution is -0.385. The quantitative estimate of drug-likeness (QED) is 0.295. The Morgan fingerprint density at radius 3 is 2.67 bits per heavy atom. The number of aromatic nitrogens is 4. The molecule has 3 aromatic rings. The van der Waals surface area contributed by atoms with E-state index in [1.807, 2.05) is 13.8 Å². The fraction of sp³-hybridized carbons (Fsp3) is 0.409. The fourth-order valence-corrected chi connectivity index (χ4v) is 3.69. The van der Waals surface area contributed by atoms with Gasteiger partial charge in [-0.1, -0.05) is 18.2 Å². The number of nitro groups is 1. The Hall–Kier alpha value is -3.89. The molecule has 0 bridgehead atoms. The molecule has 0 saturated carbocycles. The molecule has 0 spiro atoms. The summed E-state index contributed by atoms with van der Waals surface area (Å²) >= 11 is 0. The molecule has 2 heterocycles. The van der Waals surface area contributed by atoms with Crippen LogP contribution in [0.1, 0.15) is 55.2 Å². The molecule has 0 aliphatic rings. The van der Waals surface area contributed by atoms with Gasteiger partial charge < -0.3 is 10.1 Å². The monoisotopic (exact) mass is 454 g/mol. The molecular formula is C22H26N6O5. The van der Waals surface area contributed by atoms with Gasteiger partial charge in [-0.25, -0.2) is 9.50 Å². The third-order valence-electron chi connectivity index (χ3n) is 5.17. The Balaban J connectivity index is 1.79. The Labute approximate surface area is 190 Å². The summed E-state index contributed by atoms with van der Waals surface area (Å²) in [5, 5.41) is 18.4. The Morgan fingerprint density at radius 2 is 1.97 bits per heavy atom. The summed E-state index contributed by atoms with van der Waals surface area (Å²) in [6, 6.07) is 5.13. The van der Waals surface area contributed by atoms with E-state index in [1.165, 1.54) is 24.5 Å². The van der Waals surface area contributed by atoms with E-state index >= 15 is 0 Å². The number of benzene rings is 1. The fourth-order valence-electron chi connectivity index (χ4n) is 3.69. The van der Waals surface area contributed by atoms with Crippen LogP contribution in [0.3, 0.4) is 0 Å². The lowest BCUT2D eigenvalue weighted by Gasteiger charge is -2.20. The van der Waals surface area contributed by atoms with Crippen molar-refractivity contribution in [2.24, 2.45) is 0 Å². The Kier molecular flexibility index (Phi) is 7.31. The highest BCUT2D eigenvalue weighted by Crippen LogP contribution is 2.28. The van der Waals surface area contributed by atoms with Crippen LogP contribution in [0, 0.1) is 24.0 Å². The van der Waals surface area contributed by atoms with Gasteiger partial charge in [0.1, 0.15) is 6.33 Å². The van der Waals surface area contributed by atoms with E-state index in [-0.39, 0.29) is 36.1 Å². The number of hydrogen-bond acceptors (Lipinski definition) is 8. The summed E-state index contributed by atoms with van der Waals surface area (Å²) in [7, 11) is 0. The van der Waals surface area contributed by atoms with E-state index in [9.17, 15) is 19.7 Å². The molecule has 1 N–H and O–H groups in total. The number of carbonyl (C=O) groups excluding carboxylic acids is 2.